The molecular formula is C23H30N4O2. The summed E-state index contributed by atoms with van der Waals surface area (Å²) in [6.07, 6.45) is 11.0. The van der Waals surface area contributed by atoms with Crippen molar-refractivity contribution in [2.45, 2.75) is 63.5 Å². The Labute approximate surface area is 171 Å². The lowest BCUT2D eigenvalue weighted by molar-refractivity contribution is -0.131. The number of nitrogens with one attached hydrogen (secondary N) is 1. The summed E-state index contributed by atoms with van der Waals surface area (Å²) in [6.45, 7) is 2.23. The van der Waals surface area contributed by atoms with Crippen LogP contribution in [0.2, 0.25) is 0 Å². The second-order valence-corrected chi connectivity index (χ2v) is 8.76. The van der Waals surface area contributed by atoms with E-state index in [9.17, 15) is 9.59 Å². The molecule has 1 aromatic heterocycles. The second kappa shape index (κ2) is 7.82. The summed E-state index contributed by atoms with van der Waals surface area (Å²) < 4.78 is 1.91. The monoisotopic (exact) mass is 394 g/mol. The Morgan fingerprint density at radius 3 is 2.62 bits per heavy atom. The zero-order valence-corrected chi connectivity index (χ0v) is 17.0. The fourth-order valence-electron chi connectivity index (χ4n) is 5.01. The van der Waals surface area contributed by atoms with E-state index in [0.717, 1.165) is 62.6 Å². The number of rotatable bonds is 5. The van der Waals surface area contributed by atoms with E-state index >= 15 is 0 Å². The van der Waals surface area contributed by atoms with Crippen LogP contribution in [-0.2, 0) is 4.79 Å². The number of hydrogen-bond donors (Lipinski definition) is 1. The standard InChI is InChI=1S/C23H30N4O2/c28-22(26(18-10-11-18)17-6-2-1-3-7-17)16-25-14-12-19(13-15-25)27-21-9-5-4-8-20(21)24-23(27)29/h4-6,8-9,18-19H,1-3,7,10-16H2,(H,24,29). The molecule has 1 N–H and O–H groups in total. The summed E-state index contributed by atoms with van der Waals surface area (Å²) in [5.74, 6) is 0.267. The number of aromatic nitrogens is 2. The number of nitrogens with zero attached hydrogens (tertiary/aromatic N) is 3. The molecule has 2 aliphatic carbocycles. The van der Waals surface area contributed by atoms with Crippen LogP contribution in [0.25, 0.3) is 11.0 Å². The lowest BCUT2D eigenvalue weighted by Crippen LogP contribution is -2.44. The first-order valence-corrected chi connectivity index (χ1v) is 11.1. The van der Waals surface area contributed by atoms with Gasteiger partial charge in [-0.05, 0) is 63.5 Å². The van der Waals surface area contributed by atoms with Crippen LogP contribution in [0, 0.1) is 0 Å². The van der Waals surface area contributed by atoms with Crippen molar-refractivity contribution in [1.29, 1.82) is 0 Å². The van der Waals surface area contributed by atoms with Crippen molar-refractivity contribution >= 4 is 16.9 Å². The van der Waals surface area contributed by atoms with Gasteiger partial charge in [0.25, 0.3) is 0 Å². The van der Waals surface area contributed by atoms with Crippen LogP contribution < -0.4 is 5.69 Å². The lowest BCUT2D eigenvalue weighted by Gasteiger charge is -2.34. The maximum absolute atomic E-state index is 13.1. The molecule has 3 aliphatic rings. The predicted molar refractivity (Wildman–Crippen MR) is 114 cm³/mol. The van der Waals surface area contributed by atoms with Gasteiger partial charge in [0.1, 0.15) is 0 Å². The molecule has 154 valence electrons. The van der Waals surface area contributed by atoms with E-state index in [2.05, 4.69) is 20.9 Å². The highest BCUT2D eigenvalue weighted by Gasteiger charge is 2.36. The van der Waals surface area contributed by atoms with E-state index in [1.165, 1.54) is 18.5 Å². The molecule has 1 saturated carbocycles. The number of carbonyl (C=O) groups is 1. The minimum absolute atomic E-state index is 0.0233. The summed E-state index contributed by atoms with van der Waals surface area (Å²) in [6, 6.07) is 8.53. The van der Waals surface area contributed by atoms with Gasteiger partial charge in [-0.25, -0.2) is 4.79 Å². The van der Waals surface area contributed by atoms with E-state index in [4.69, 9.17) is 0 Å². The zero-order chi connectivity index (χ0) is 19.8. The van der Waals surface area contributed by atoms with Crippen LogP contribution in [-0.4, -0.2) is 50.9 Å². The van der Waals surface area contributed by atoms with Crippen molar-refractivity contribution in [2.75, 3.05) is 19.6 Å². The molecule has 1 amide bonds. The average molecular weight is 395 g/mol. The van der Waals surface area contributed by atoms with Gasteiger partial charge in [-0.15, -0.1) is 0 Å². The minimum Gasteiger partial charge on any atom is -0.312 e. The molecule has 6 nitrogen and oxygen atoms in total. The molecule has 2 aromatic rings. The third kappa shape index (κ3) is 3.78. The molecule has 29 heavy (non-hydrogen) atoms. The van der Waals surface area contributed by atoms with E-state index in [-0.39, 0.29) is 17.6 Å². The molecule has 1 saturated heterocycles. The molecule has 6 heteroatoms. The van der Waals surface area contributed by atoms with Crippen molar-refractivity contribution in [3.05, 3.63) is 46.5 Å². The highest BCUT2D eigenvalue weighted by atomic mass is 16.2. The molecule has 0 atom stereocenters. The van der Waals surface area contributed by atoms with Crippen molar-refractivity contribution in [3.63, 3.8) is 0 Å². The second-order valence-electron chi connectivity index (χ2n) is 8.76. The molecule has 2 heterocycles. The van der Waals surface area contributed by atoms with Gasteiger partial charge in [0.05, 0.1) is 17.6 Å². The molecule has 0 spiro atoms. The quantitative estimate of drug-likeness (QED) is 0.845. The van der Waals surface area contributed by atoms with Gasteiger partial charge >= 0.3 is 5.69 Å². The predicted octanol–water partition coefficient (Wildman–Crippen LogP) is 3.42. The number of benzene rings is 1. The Bertz CT molecular complexity index is 976. The van der Waals surface area contributed by atoms with Crippen LogP contribution in [0.5, 0.6) is 0 Å². The van der Waals surface area contributed by atoms with Crippen LogP contribution >= 0.6 is 0 Å². The zero-order valence-electron chi connectivity index (χ0n) is 17.0. The Balaban J connectivity index is 1.24. The summed E-state index contributed by atoms with van der Waals surface area (Å²) in [7, 11) is 0. The fourth-order valence-corrected chi connectivity index (χ4v) is 5.01. The largest absolute Gasteiger partial charge is 0.326 e. The summed E-state index contributed by atoms with van der Waals surface area (Å²) in [5, 5.41) is 0. The van der Waals surface area contributed by atoms with Crippen molar-refractivity contribution < 1.29 is 4.79 Å². The number of imidazole rings is 1. The maximum Gasteiger partial charge on any atom is 0.326 e. The Morgan fingerprint density at radius 1 is 1.10 bits per heavy atom. The third-order valence-corrected chi connectivity index (χ3v) is 6.66. The molecule has 0 bridgehead atoms. The summed E-state index contributed by atoms with van der Waals surface area (Å²) in [5.41, 5.74) is 3.13. The molecule has 0 radical (unpaired) electrons. The van der Waals surface area contributed by atoms with Gasteiger partial charge in [0, 0.05) is 30.9 Å². The summed E-state index contributed by atoms with van der Waals surface area (Å²) in [4.78, 5) is 32.9. The molecule has 1 aliphatic heterocycles. The van der Waals surface area contributed by atoms with Crippen LogP contribution in [0.3, 0.4) is 0 Å². The van der Waals surface area contributed by atoms with Crippen LogP contribution in [0.15, 0.2) is 40.8 Å². The number of carbonyl (C=O) groups excluding carboxylic acids is 1. The number of likely N-dealkylation sites (tertiary alicyclic amines) is 1. The first kappa shape index (κ1) is 18.7. The van der Waals surface area contributed by atoms with Gasteiger partial charge in [-0.2, -0.15) is 0 Å². The first-order chi connectivity index (χ1) is 14.2. The highest BCUT2D eigenvalue weighted by molar-refractivity contribution is 5.81. The molecule has 0 unspecified atom stereocenters. The lowest BCUT2D eigenvalue weighted by atomic mass is 10.0. The molecular weight excluding hydrogens is 364 g/mol. The third-order valence-electron chi connectivity index (χ3n) is 6.66. The number of piperidine rings is 1. The van der Waals surface area contributed by atoms with Crippen LogP contribution in [0.1, 0.15) is 57.4 Å². The number of fused-ring (bicyclic) bond motifs is 1. The molecule has 5 rings (SSSR count). The Hall–Kier alpha value is -2.34. The number of aromatic amines is 1. The smallest absolute Gasteiger partial charge is 0.312 e. The first-order valence-electron chi connectivity index (χ1n) is 11.1. The van der Waals surface area contributed by atoms with Gasteiger partial charge in [0.15, 0.2) is 0 Å². The van der Waals surface area contributed by atoms with Crippen molar-refractivity contribution in [1.82, 2.24) is 19.4 Å². The number of hydrogen-bond acceptors (Lipinski definition) is 3. The normalized spacial score (nSPS) is 21.3. The van der Waals surface area contributed by atoms with Gasteiger partial charge in [-0.3, -0.25) is 14.3 Å². The Morgan fingerprint density at radius 2 is 1.90 bits per heavy atom. The number of H-pyrrole nitrogens is 1. The van der Waals surface area contributed by atoms with Crippen molar-refractivity contribution in [2.24, 2.45) is 0 Å². The molecule has 1 aromatic carbocycles. The van der Waals surface area contributed by atoms with Gasteiger partial charge in [-0.1, -0.05) is 18.2 Å². The fraction of sp³-hybridized carbons (Fsp3) is 0.565. The summed E-state index contributed by atoms with van der Waals surface area (Å²) >= 11 is 0. The van der Waals surface area contributed by atoms with Crippen LogP contribution in [0.4, 0.5) is 0 Å². The van der Waals surface area contributed by atoms with Crippen molar-refractivity contribution in [3.8, 4) is 0 Å². The van der Waals surface area contributed by atoms with E-state index in [1.807, 2.05) is 28.8 Å². The topological polar surface area (TPSA) is 61.3 Å². The SMILES string of the molecule is O=C(CN1CCC(n2c(=O)[nH]c3ccccc32)CC1)N(C1=CCCCC1)C1CC1. The average Bonchev–Trinajstić information content (AvgIpc) is 3.51. The maximum atomic E-state index is 13.1. The van der Waals surface area contributed by atoms with E-state index in [1.54, 1.807) is 0 Å². The van der Waals surface area contributed by atoms with Gasteiger partial charge in [0.2, 0.25) is 5.91 Å². The number of amides is 1. The van der Waals surface area contributed by atoms with E-state index < -0.39 is 0 Å². The highest BCUT2D eigenvalue weighted by Crippen LogP contribution is 2.34. The van der Waals surface area contributed by atoms with E-state index in [0.29, 0.717) is 12.6 Å². The number of para-hydroxylation sites is 2. The number of allylic oxidation sites excluding steroid dienone is 2. The minimum atomic E-state index is -0.0233. The molecule has 2 fully saturated rings. The van der Waals surface area contributed by atoms with Gasteiger partial charge < -0.3 is 9.88 Å². The Kier molecular flexibility index (Phi) is 5.04.